The largest absolute Gasteiger partial charge is 0.340 e. The molecule has 0 bridgehead atoms. The Morgan fingerprint density at radius 2 is 2.04 bits per heavy atom. The Labute approximate surface area is 154 Å². The molecule has 0 N–H and O–H groups in total. The molecule has 1 aromatic carbocycles. The molecule has 2 aromatic heterocycles. The topological polar surface area (TPSA) is 56.0 Å². The smallest absolute Gasteiger partial charge is 0.247 e. The van der Waals surface area contributed by atoms with Crippen molar-refractivity contribution in [3.63, 3.8) is 0 Å². The van der Waals surface area contributed by atoms with Crippen LogP contribution in [-0.2, 0) is 11.3 Å². The van der Waals surface area contributed by atoms with Gasteiger partial charge in [0.1, 0.15) is 6.04 Å². The van der Waals surface area contributed by atoms with Gasteiger partial charge in [-0.1, -0.05) is 19.1 Å². The minimum Gasteiger partial charge on any atom is -0.340 e. The van der Waals surface area contributed by atoms with Crippen LogP contribution in [0.25, 0.3) is 5.69 Å². The van der Waals surface area contributed by atoms with Gasteiger partial charge in [-0.3, -0.25) is 9.48 Å². The van der Waals surface area contributed by atoms with Gasteiger partial charge in [0.2, 0.25) is 5.91 Å². The maximum Gasteiger partial charge on any atom is 0.247 e. The average molecular weight is 351 g/mol. The van der Waals surface area contributed by atoms with Crippen LogP contribution in [0.3, 0.4) is 0 Å². The number of likely N-dealkylation sites (N-methyl/N-ethyl adjacent to an activating group) is 1. The van der Waals surface area contributed by atoms with Crippen molar-refractivity contribution in [1.29, 1.82) is 0 Å². The van der Waals surface area contributed by atoms with Crippen LogP contribution in [0.4, 0.5) is 0 Å². The lowest BCUT2D eigenvalue weighted by Gasteiger charge is -2.23. The number of aromatic nitrogens is 4. The van der Waals surface area contributed by atoms with Gasteiger partial charge >= 0.3 is 0 Å². The summed E-state index contributed by atoms with van der Waals surface area (Å²) in [6, 6.07) is 11.8. The van der Waals surface area contributed by atoms with Gasteiger partial charge in [0, 0.05) is 31.7 Å². The van der Waals surface area contributed by atoms with Crippen LogP contribution in [0, 0.1) is 13.8 Å². The number of carbonyl (C=O) groups is 1. The van der Waals surface area contributed by atoms with Crippen molar-refractivity contribution in [3.05, 3.63) is 65.7 Å². The van der Waals surface area contributed by atoms with Crippen LogP contribution < -0.4 is 0 Å². The zero-order valence-electron chi connectivity index (χ0n) is 15.8. The van der Waals surface area contributed by atoms with Gasteiger partial charge in [-0.2, -0.15) is 10.2 Å². The Hall–Kier alpha value is -2.89. The fraction of sp³-hybridized carbons (Fsp3) is 0.350. The highest BCUT2D eigenvalue weighted by Gasteiger charge is 2.22. The molecule has 0 aliphatic rings. The summed E-state index contributed by atoms with van der Waals surface area (Å²) in [7, 11) is 1.84. The number of hydrogen-bond acceptors (Lipinski definition) is 3. The van der Waals surface area contributed by atoms with Gasteiger partial charge < -0.3 is 4.90 Å². The second-order valence-corrected chi connectivity index (χ2v) is 6.61. The van der Waals surface area contributed by atoms with Gasteiger partial charge in [0.05, 0.1) is 11.4 Å². The van der Waals surface area contributed by atoms with Crippen LogP contribution in [0.1, 0.15) is 36.3 Å². The number of carbonyl (C=O) groups excluding carboxylic acids is 1. The van der Waals surface area contributed by atoms with E-state index in [-0.39, 0.29) is 11.9 Å². The molecule has 2 heterocycles. The fourth-order valence-corrected chi connectivity index (χ4v) is 3.22. The predicted molar refractivity (Wildman–Crippen MR) is 101 cm³/mol. The van der Waals surface area contributed by atoms with E-state index in [4.69, 9.17) is 0 Å². The van der Waals surface area contributed by atoms with Crippen molar-refractivity contribution < 1.29 is 4.79 Å². The molecular weight excluding hydrogens is 326 g/mol. The predicted octanol–water partition coefficient (Wildman–Crippen LogP) is 3.30. The Morgan fingerprint density at radius 1 is 1.23 bits per heavy atom. The van der Waals surface area contributed by atoms with E-state index >= 15 is 0 Å². The van der Waals surface area contributed by atoms with E-state index in [1.807, 2.05) is 63.0 Å². The summed E-state index contributed by atoms with van der Waals surface area (Å²) in [5.74, 6) is 0.0627. The number of aryl methyl sites for hydroxylation is 2. The van der Waals surface area contributed by atoms with E-state index in [9.17, 15) is 4.79 Å². The summed E-state index contributed by atoms with van der Waals surface area (Å²) in [6.07, 6.45) is 4.24. The quantitative estimate of drug-likeness (QED) is 0.685. The van der Waals surface area contributed by atoms with E-state index in [0.29, 0.717) is 13.0 Å². The number of rotatable bonds is 6. The molecule has 26 heavy (non-hydrogen) atoms. The standard InChI is InChI=1S/C20H25N5O/c1-5-19(24-11-7-10-21-24)20(26)23(4)14-17-8-6-9-18(13-17)25-16(3)12-15(2)22-25/h6-13,19H,5,14H2,1-4H3/t19-/m1/s1. The van der Waals surface area contributed by atoms with Gasteiger partial charge in [-0.05, 0) is 50.1 Å². The molecule has 0 fully saturated rings. The molecule has 0 unspecified atom stereocenters. The van der Waals surface area contributed by atoms with Gasteiger partial charge in [0.25, 0.3) is 0 Å². The maximum atomic E-state index is 12.8. The minimum atomic E-state index is -0.269. The SMILES string of the molecule is CC[C@H](C(=O)N(C)Cc1cccc(-n2nc(C)cc2C)c1)n1cccn1. The third-order valence-corrected chi connectivity index (χ3v) is 4.48. The number of benzene rings is 1. The Balaban J connectivity index is 1.77. The van der Waals surface area contributed by atoms with Crippen LogP contribution in [-0.4, -0.2) is 37.4 Å². The first-order chi connectivity index (χ1) is 12.5. The van der Waals surface area contributed by atoms with Crippen molar-refractivity contribution in [3.8, 4) is 5.69 Å². The van der Waals surface area contributed by atoms with Crippen molar-refractivity contribution in [1.82, 2.24) is 24.5 Å². The first-order valence-electron chi connectivity index (χ1n) is 8.86. The highest BCUT2D eigenvalue weighted by molar-refractivity contribution is 5.80. The van der Waals surface area contributed by atoms with E-state index in [1.54, 1.807) is 15.8 Å². The summed E-state index contributed by atoms with van der Waals surface area (Å²) in [5, 5.41) is 8.76. The van der Waals surface area contributed by atoms with Crippen molar-refractivity contribution >= 4 is 5.91 Å². The summed E-state index contributed by atoms with van der Waals surface area (Å²) >= 11 is 0. The molecule has 0 saturated heterocycles. The number of hydrogen-bond donors (Lipinski definition) is 0. The Bertz CT molecular complexity index is 882. The molecule has 3 rings (SSSR count). The lowest BCUT2D eigenvalue weighted by atomic mass is 10.1. The average Bonchev–Trinajstić information content (AvgIpc) is 3.25. The molecule has 0 aliphatic heterocycles. The molecule has 0 radical (unpaired) electrons. The molecule has 6 heteroatoms. The lowest BCUT2D eigenvalue weighted by molar-refractivity contribution is -0.134. The fourth-order valence-electron chi connectivity index (χ4n) is 3.22. The van der Waals surface area contributed by atoms with Crippen LogP contribution in [0.2, 0.25) is 0 Å². The molecule has 136 valence electrons. The summed E-state index contributed by atoms with van der Waals surface area (Å²) in [5.41, 5.74) is 4.16. The second kappa shape index (κ2) is 7.56. The summed E-state index contributed by atoms with van der Waals surface area (Å²) in [6.45, 7) is 6.57. The minimum absolute atomic E-state index is 0.0627. The third-order valence-electron chi connectivity index (χ3n) is 4.48. The first-order valence-corrected chi connectivity index (χ1v) is 8.86. The molecule has 3 aromatic rings. The van der Waals surface area contributed by atoms with Gasteiger partial charge in [-0.15, -0.1) is 0 Å². The normalized spacial score (nSPS) is 12.2. The molecule has 6 nitrogen and oxygen atoms in total. The van der Waals surface area contributed by atoms with E-state index in [2.05, 4.69) is 22.3 Å². The molecule has 0 saturated carbocycles. The lowest BCUT2D eigenvalue weighted by Crippen LogP contribution is -2.34. The van der Waals surface area contributed by atoms with Gasteiger partial charge in [-0.25, -0.2) is 4.68 Å². The first kappa shape index (κ1) is 17.9. The summed E-state index contributed by atoms with van der Waals surface area (Å²) < 4.78 is 3.66. The van der Waals surface area contributed by atoms with E-state index in [1.165, 1.54) is 0 Å². The van der Waals surface area contributed by atoms with E-state index < -0.39 is 0 Å². The molecule has 0 spiro atoms. The number of amides is 1. The molecular formula is C20H25N5O. The van der Waals surface area contributed by atoms with Crippen LogP contribution >= 0.6 is 0 Å². The zero-order chi connectivity index (χ0) is 18.7. The molecule has 0 aliphatic carbocycles. The Kier molecular flexibility index (Phi) is 5.21. The highest BCUT2D eigenvalue weighted by Crippen LogP contribution is 2.17. The Morgan fingerprint density at radius 3 is 2.65 bits per heavy atom. The van der Waals surface area contributed by atoms with Crippen molar-refractivity contribution in [2.45, 2.75) is 39.8 Å². The maximum absolute atomic E-state index is 12.8. The van der Waals surface area contributed by atoms with Crippen LogP contribution in [0.5, 0.6) is 0 Å². The zero-order valence-corrected chi connectivity index (χ0v) is 15.8. The third kappa shape index (κ3) is 3.69. The van der Waals surface area contributed by atoms with Crippen molar-refractivity contribution in [2.24, 2.45) is 0 Å². The molecule has 1 atom stereocenters. The van der Waals surface area contributed by atoms with Crippen molar-refractivity contribution in [2.75, 3.05) is 7.05 Å². The molecule has 1 amide bonds. The second-order valence-electron chi connectivity index (χ2n) is 6.61. The summed E-state index contributed by atoms with van der Waals surface area (Å²) in [4.78, 5) is 14.6. The number of nitrogens with zero attached hydrogens (tertiary/aromatic N) is 5. The van der Waals surface area contributed by atoms with Crippen LogP contribution in [0.15, 0.2) is 48.8 Å². The van der Waals surface area contributed by atoms with Gasteiger partial charge in [0.15, 0.2) is 0 Å². The monoisotopic (exact) mass is 351 g/mol. The highest BCUT2D eigenvalue weighted by atomic mass is 16.2. The van der Waals surface area contributed by atoms with E-state index in [0.717, 1.165) is 22.6 Å².